The molecule has 1 aromatic carbocycles. The molecule has 0 saturated heterocycles. The fourth-order valence-electron chi connectivity index (χ4n) is 3.28. The summed E-state index contributed by atoms with van der Waals surface area (Å²) in [7, 11) is -3.81. The van der Waals surface area contributed by atoms with Gasteiger partial charge in [-0.1, -0.05) is 34.6 Å². The summed E-state index contributed by atoms with van der Waals surface area (Å²) in [6, 6.07) is 2.30. The van der Waals surface area contributed by atoms with Gasteiger partial charge in [0.1, 0.15) is 26.7 Å². The molecule has 0 fully saturated rings. The minimum Gasteiger partial charge on any atom is -0.383 e. The van der Waals surface area contributed by atoms with E-state index in [9.17, 15) is 23.8 Å². The standard InChI is InChI=1S/C22H30FN5O3S2/c1-8-15-19(32-20(26-15)22(6,7)30)33(25,31)28-21(29)27-18-14(11(2)3)9-13(10-24)17(23)16(18)12(4)5/h9,11-12,30H,8H2,1-7H3,(H3,25,27,28,29,31). The van der Waals surface area contributed by atoms with Crippen LogP contribution in [-0.2, 0) is 21.9 Å². The molecular weight excluding hydrogens is 465 g/mol. The van der Waals surface area contributed by atoms with Crippen LogP contribution >= 0.6 is 11.3 Å². The van der Waals surface area contributed by atoms with Crippen LogP contribution in [0.4, 0.5) is 14.9 Å². The number of anilines is 1. The van der Waals surface area contributed by atoms with Crippen LogP contribution in [0.2, 0.25) is 0 Å². The number of rotatable bonds is 7. The number of hydrogen-bond donors (Lipinski definition) is 4. The predicted octanol–water partition coefficient (Wildman–Crippen LogP) is 5.33. The number of benzene rings is 1. The molecule has 0 aliphatic heterocycles. The molecule has 1 heterocycles. The molecule has 0 aliphatic rings. The van der Waals surface area contributed by atoms with E-state index >= 15 is 0 Å². The van der Waals surface area contributed by atoms with Crippen molar-refractivity contribution in [3.63, 3.8) is 0 Å². The first-order valence-corrected chi connectivity index (χ1v) is 12.9. The molecule has 2 aromatic rings. The number of urea groups is 1. The van der Waals surface area contributed by atoms with Crippen molar-refractivity contribution in [2.75, 3.05) is 5.32 Å². The number of aromatic nitrogens is 1. The molecule has 1 atom stereocenters. The average molecular weight is 496 g/mol. The first kappa shape index (κ1) is 26.7. The molecule has 4 N–H and O–H groups in total. The quantitative estimate of drug-likeness (QED) is 0.411. The number of aryl methyl sites for hydroxylation is 1. The number of amides is 2. The maximum atomic E-state index is 15.0. The Kier molecular flexibility index (Phi) is 7.89. The lowest BCUT2D eigenvalue weighted by Gasteiger charge is -2.22. The normalized spacial score (nSPS) is 13.6. The zero-order valence-electron chi connectivity index (χ0n) is 19.8. The van der Waals surface area contributed by atoms with Crippen molar-refractivity contribution in [3.8, 4) is 6.07 Å². The number of nitrogens with zero attached hydrogens (tertiary/aromatic N) is 2. The minimum atomic E-state index is -3.81. The Morgan fingerprint density at radius 1 is 1.36 bits per heavy atom. The van der Waals surface area contributed by atoms with E-state index in [1.807, 2.05) is 19.9 Å². The van der Waals surface area contributed by atoms with Gasteiger partial charge in [0.2, 0.25) is 0 Å². The van der Waals surface area contributed by atoms with Crippen LogP contribution in [0.25, 0.3) is 0 Å². The summed E-state index contributed by atoms with van der Waals surface area (Å²) in [6.07, 6.45) is 0.358. The Balaban J connectivity index is 2.49. The molecule has 1 unspecified atom stereocenters. The van der Waals surface area contributed by atoms with Gasteiger partial charge in [0.05, 0.1) is 16.9 Å². The molecule has 2 amide bonds. The number of thiazole rings is 1. The number of aliphatic hydroxyl groups is 1. The summed E-state index contributed by atoms with van der Waals surface area (Å²) in [5, 5.41) is 22.4. The highest BCUT2D eigenvalue weighted by Crippen LogP contribution is 2.37. The molecule has 0 bridgehead atoms. The molecule has 1 aromatic heterocycles. The fourth-order valence-corrected chi connectivity index (χ4v) is 5.93. The lowest BCUT2D eigenvalue weighted by atomic mass is 9.90. The molecule has 8 nitrogen and oxygen atoms in total. The SMILES string of the molecule is CCc1nc(C(C)(C)O)sc1S(=N)(=O)NC(=O)Nc1c(C(C)C)cc(C#N)c(F)c1C(C)C. The molecule has 0 aliphatic carbocycles. The number of carbonyl (C=O) groups excluding carboxylic acids is 1. The summed E-state index contributed by atoms with van der Waals surface area (Å²) in [5.41, 5.74) is -0.133. The largest absolute Gasteiger partial charge is 0.383 e. The predicted molar refractivity (Wildman–Crippen MR) is 127 cm³/mol. The van der Waals surface area contributed by atoms with E-state index < -0.39 is 27.4 Å². The Labute approximate surface area is 198 Å². The maximum absolute atomic E-state index is 15.0. The second-order valence-corrected chi connectivity index (χ2v) is 11.8. The highest BCUT2D eigenvalue weighted by Gasteiger charge is 2.29. The van der Waals surface area contributed by atoms with E-state index in [1.54, 1.807) is 20.8 Å². The molecule has 0 spiro atoms. The van der Waals surface area contributed by atoms with Crippen LogP contribution < -0.4 is 10.0 Å². The number of nitriles is 1. The van der Waals surface area contributed by atoms with Crippen molar-refractivity contribution in [2.24, 2.45) is 0 Å². The van der Waals surface area contributed by atoms with Gasteiger partial charge in [0, 0.05) is 5.56 Å². The summed E-state index contributed by atoms with van der Waals surface area (Å²) in [6.45, 7) is 12.0. The molecule has 180 valence electrons. The van der Waals surface area contributed by atoms with Crippen molar-refractivity contribution in [1.29, 1.82) is 10.0 Å². The van der Waals surface area contributed by atoms with E-state index in [4.69, 9.17) is 4.78 Å². The van der Waals surface area contributed by atoms with E-state index in [2.05, 4.69) is 15.0 Å². The van der Waals surface area contributed by atoms with Crippen molar-refractivity contribution in [2.45, 2.75) is 76.5 Å². The van der Waals surface area contributed by atoms with Gasteiger partial charge in [0.15, 0.2) is 9.92 Å². The van der Waals surface area contributed by atoms with Crippen LogP contribution in [0.5, 0.6) is 0 Å². The Bertz CT molecular complexity index is 1210. The van der Waals surface area contributed by atoms with Crippen molar-refractivity contribution in [3.05, 3.63) is 39.3 Å². The number of carbonyl (C=O) groups is 1. The second-order valence-electron chi connectivity index (χ2n) is 8.82. The van der Waals surface area contributed by atoms with Crippen molar-refractivity contribution in [1.82, 2.24) is 9.71 Å². The topological polar surface area (TPSA) is 139 Å². The van der Waals surface area contributed by atoms with Crippen LogP contribution in [0.1, 0.15) is 87.7 Å². The Hall–Kier alpha value is -2.55. The van der Waals surface area contributed by atoms with Crippen LogP contribution in [-0.4, -0.2) is 20.3 Å². The second kappa shape index (κ2) is 9.75. The lowest BCUT2D eigenvalue weighted by Crippen LogP contribution is -2.34. The van der Waals surface area contributed by atoms with Crippen LogP contribution in [0.15, 0.2) is 10.3 Å². The third-order valence-electron chi connectivity index (χ3n) is 4.91. The monoisotopic (exact) mass is 495 g/mol. The van der Waals surface area contributed by atoms with E-state index in [0.29, 0.717) is 17.7 Å². The van der Waals surface area contributed by atoms with Crippen molar-refractivity contribution >= 4 is 33.0 Å². The lowest BCUT2D eigenvalue weighted by molar-refractivity contribution is 0.0781. The third kappa shape index (κ3) is 5.69. The van der Waals surface area contributed by atoms with E-state index in [-0.39, 0.29) is 37.9 Å². The van der Waals surface area contributed by atoms with Gasteiger partial charge in [-0.15, -0.1) is 11.3 Å². The number of hydrogen-bond acceptors (Lipinski definition) is 7. The summed E-state index contributed by atoms with van der Waals surface area (Å²) in [4.78, 5) is 17.1. The highest BCUT2D eigenvalue weighted by atomic mass is 32.2. The van der Waals surface area contributed by atoms with E-state index in [1.165, 1.54) is 19.9 Å². The minimum absolute atomic E-state index is 0.0523. The summed E-state index contributed by atoms with van der Waals surface area (Å²) < 4.78 is 38.7. The van der Waals surface area contributed by atoms with Gasteiger partial charge in [-0.2, -0.15) is 5.26 Å². The van der Waals surface area contributed by atoms with Gasteiger partial charge >= 0.3 is 6.03 Å². The first-order valence-electron chi connectivity index (χ1n) is 10.5. The Morgan fingerprint density at radius 2 is 1.97 bits per heavy atom. The molecule has 0 radical (unpaired) electrons. The smallest absolute Gasteiger partial charge is 0.331 e. The molecule has 0 saturated carbocycles. The third-order valence-corrected chi connectivity index (χ3v) is 8.30. The van der Waals surface area contributed by atoms with Gasteiger partial charge < -0.3 is 10.4 Å². The van der Waals surface area contributed by atoms with Gasteiger partial charge in [-0.05, 0) is 43.7 Å². The van der Waals surface area contributed by atoms with Gasteiger partial charge in [0.25, 0.3) is 0 Å². The van der Waals surface area contributed by atoms with Crippen LogP contribution in [0.3, 0.4) is 0 Å². The Morgan fingerprint density at radius 3 is 2.42 bits per heavy atom. The zero-order valence-corrected chi connectivity index (χ0v) is 21.4. The average Bonchev–Trinajstić information content (AvgIpc) is 3.13. The maximum Gasteiger partial charge on any atom is 0.331 e. The molecular formula is C22H30FN5O3S2. The van der Waals surface area contributed by atoms with Gasteiger partial charge in [-0.25, -0.2) is 27.9 Å². The van der Waals surface area contributed by atoms with Gasteiger partial charge in [-0.3, -0.25) is 0 Å². The summed E-state index contributed by atoms with van der Waals surface area (Å²) in [5.74, 6) is -1.22. The number of halogens is 1. The molecule has 2 rings (SSSR count). The zero-order chi connectivity index (χ0) is 25.3. The molecule has 11 heteroatoms. The highest BCUT2D eigenvalue weighted by molar-refractivity contribution is 7.93. The molecule has 33 heavy (non-hydrogen) atoms. The first-order chi connectivity index (χ1) is 15.1. The summed E-state index contributed by atoms with van der Waals surface area (Å²) >= 11 is 0.907. The van der Waals surface area contributed by atoms with E-state index in [0.717, 1.165) is 11.3 Å². The van der Waals surface area contributed by atoms with Crippen LogP contribution in [0, 0.1) is 21.9 Å². The fraction of sp³-hybridized carbons (Fsp3) is 0.500. The number of nitrogens with one attached hydrogen (secondary N) is 3. The van der Waals surface area contributed by atoms with Crippen molar-refractivity contribution < 1.29 is 18.5 Å².